The van der Waals surface area contributed by atoms with Crippen LogP contribution in [-0.2, 0) is 16.6 Å². The van der Waals surface area contributed by atoms with Crippen LogP contribution in [0.25, 0.3) is 0 Å². The highest BCUT2D eigenvalue weighted by Crippen LogP contribution is 2.64. The quantitative estimate of drug-likeness (QED) is 0.740. The third-order valence-corrected chi connectivity index (χ3v) is 6.01. The Balaban J connectivity index is 1.75. The molecule has 2 aromatic carbocycles. The van der Waals surface area contributed by atoms with E-state index in [1.807, 2.05) is 36.2 Å². The lowest BCUT2D eigenvalue weighted by Gasteiger charge is -2.28. The number of carbonyl (C=O) groups excluding carboxylic acids is 1. The Labute approximate surface area is 162 Å². The summed E-state index contributed by atoms with van der Waals surface area (Å²) in [6.07, 6.45) is 1.41. The summed E-state index contributed by atoms with van der Waals surface area (Å²) in [7, 11) is 5.13. The maximum atomic E-state index is 12.9. The van der Waals surface area contributed by atoms with Gasteiger partial charge in [0.15, 0.2) is 0 Å². The molecule has 1 atom stereocenters. The Hall–Kier alpha value is -2.49. The molecule has 0 aromatic heterocycles. The van der Waals surface area contributed by atoms with Gasteiger partial charge in [0.25, 0.3) is 0 Å². The summed E-state index contributed by atoms with van der Waals surface area (Å²) >= 11 is 0. The molecule has 1 saturated carbocycles. The minimum Gasteiger partial charge on any atom is -0.497 e. The van der Waals surface area contributed by atoms with Crippen molar-refractivity contribution in [3.05, 3.63) is 59.7 Å². The van der Waals surface area contributed by atoms with Gasteiger partial charge < -0.3 is 14.4 Å². The molecule has 144 valence electrons. The van der Waals surface area contributed by atoms with Gasteiger partial charge in [0.05, 0.1) is 20.6 Å². The Morgan fingerprint density at radius 2 is 1.74 bits per heavy atom. The molecule has 4 heteroatoms. The van der Waals surface area contributed by atoms with Crippen molar-refractivity contribution in [2.45, 2.75) is 32.1 Å². The highest BCUT2D eigenvalue weighted by Gasteiger charge is 2.62. The number of likely N-dealkylation sites (N-methyl/N-ethyl adjacent to an activating group) is 1. The van der Waals surface area contributed by atoms with Crippen LogP contribution in [-0.4, -0.2) is 38.6 Å². The molecule has 0 radical (unpaired) electrons. The van der Waals surface area contributed by atoms with Crippen LogP contribution in [0, 0.1) is 5.41 Å². The van der Waals surface area contributed by atoms with Crippen molar-refractivity contribution in [1.82, 2.24) is 4.90 Å². The molecule has 2 aromatic rings. The predicted molar refractivity (Wildman–Crippen MR) is 107 cm³/mol. The van der Waals surface area contributed by atoms with E-state index in [0.29, 0.717) is 12.2 Å². The van der Waals surface area contributed by atoms with Crippen LogP contribution in [0.1, 0.15) is 31.4 Å². The summed E-state index contributed by atoms with van der Waals surface area (Å²) in [6, 6.07) is 16.1. The number of carbonyl (C=O) groups is 1. The molecule has 0 aliphatic heterocycles. The smallest absolute Gasteiger partial charge is 0.226 e. The third-order valence-electron chi connectivity index (χ3n) is 6.01. The summed E-state index contributed by atoms with van der Waals surface area (Å²) < 4.78 is 10.7. The molecule has 4 nitrogen and oxygen atoms in total. The van der Waals surface area contributed by atoms with E-state index >= 15 is 0 Å². The minimum absolute atomic E-state index is 0.0304. The summed E-state index contributed by atoms with van der Waals surface area (Å²) in [5.41, 5.74) is 2.42. The fraction of sp³-hybridized carbons (Fsp3) is 0.435. The van der Waals surface area contributed by atoms with Crippen molar-refractivity contribution in [1.29, 1.82) is 0 Å². The molecule has 0 heterocycles. The van der Waals surface area contributed by atoms with E-state index in [2.05, 4.69) is 38.1 Å². The molecular weight excluding hydrogens is 338 g/mol. The third kappa shape index (κ3) is 3.66. The molecule has 1 amide bonds. The van der Waals surface area contributed by atoms with Gasteiger partial charge in [-0.1, -0.05) is 50.2 Å². The average molecular weight is 367 g/mol. The molecule has 0 N–H and O–H groups in total. The molecule has 0 spiro atoms. The molecular formula is C23H29NO3. The van der Waals surface area contributed by atoms with E-state index in [9.17, 15) is 4.79 Å². The van der Waals surface area contributed by atoms with E-state index in [0.717, 1.165) is 24.3 Å². The topological polar surface area (TPSA) is 38.8 Å². The molecule has 1 aliphatic rings. The molecule has 0 bridgehead atoms. The SMILES string of the molecule is COc1ccc(CC(=O)N(C)CC2(c3ccccc3)CC2(C)C)c(OC)c1. The van der Waals surface area contributed by atoms with Crippen molar-refractivity contribution in [3.63, 3.8) is 0 Å². The first kappa shape index (κ1) is 19.3. The Kier molecular flexibility index (Phi) is 5.18. The van der Waals surface area contributed by atoms with Crippen LogP contribution in [0.2, 0.25) is 0 Å². The zero-order valence-corrected chi connectivity index (χ0v) is 16.9. The second-order valence-electron chi connectivity index (χ2n) is 8.11. The fourth-order valence-corrected chi connectivity index (χ4v) is 4.11. The van der Waals surface area contributed by atoms with Gasteiger partial charge >= 0.3 is 0 Å². The highest BCUT2D eigenvalue weighted by atomic mass is 16.5. The molecule has 3 rings (SSSR count). The van der Waals surface area contributed by atoms with Crippen molar-refractivity contribution in [2.24, 2.45) is 5.41 Å². The van der Waals surface area contributed by atoms with Crippen LogP contribution < -0.4 is 9.47 Å². The van der Waals surface area contributed by atoms with Crippen molar-refractivity contribution >= 4 is 5.91 Å². The lowest BCUT2D eigenvalue weighted by molar-refractivity contribution is -0.129. The van der Waals surface area contributed by atoms with Gasteiger partial charge in [0.2, 0.25) is 5.91 Å². The molecule has 1 aliphatic carbocycles. The first-order chi connectivity index (χ1) is 12.8. The minimum atomic E-state index is 0.0304. The average Bonchev–Trinajstić information content (AvgIpc) is 3.24. The van der Waals surface area contributed by atoms with Gasteiger partial charge in [-0.25, -0.2) is 0 Å². The number of rotatable bonds is 7. The van der Waals surface area contributed by atoms with E-state index in [1.165, 1.54) is 5.56 Å². The van der Waals surface area contributed by atoms with Crippen LogP contribution in [0.5, 0.6) is 11.5 Å². The van der Waals surface area contributed by atoms with Crippen LogP contribution in [0.15, 0.2) is 48.5 Å². The molecule has 1 fully saturated rings. The number of hydrogen-bond acceptors (Lipinski definition) is 3. The Morgan fingerprint density at radius 3 is 2.30 bits per heavy atom. The molecule has 0 saturated heterocycles. The Morgan fingerprint density at radius 1 is 1.07 bits per heavy atom. The lowest BCUT2D eigenvalue weighted by atomic mass is 9.87. The fourth-order valence-electron chi connectivity index (χ4n) is 4.11. The standard InChI is InChI=1S/C23H29NO3/c1-22(2)15-23(22,18-9-7-6-8-10-18)16-24(3)21(25)13-17-11-12-19(26-4)14-20(17)27-5/h6-12,14H,13,15-16H2,1-5H3. The normalized spacial score (nSPS) is 20.0. The first-order valence-electron chi connectivity index (χ1n) is 9.33. The van der Waals surface area contributed by atoms with Crippen molar-refractivity contribution in [3.8, 4) is 11.5 Å². The maximum Gasteiger partial charge on any atom is 0.226 e. The first-order valence-corrected chi connectivity index (χ1v) is 9.33. The number of amides is 1. The summed E-state index contributed by atoms with van der Waals surface area (Å²) in [4.78, 5) is 14.8. The summed E-state index contributed by atoms with van der Waals surface area (Å²) in [5, 5.41) is 0. The number of nitrogens with zero attached hydrogens (tertiary/aromatic N) is 1. The lowest BCUT2D eigenvalue weighted by Crippen LogP contribution is -2.37. The monoisotopic (exact) mass is 367 g/mol. The largest absolute Gasteiger partial charge is 0.497 e. The second-order valence-corrected chi connectivity index (χ2v) is 8.11. The zero-order chi connectivity index (χ0) is 19.7. The summed E-state index contributed by atoms with van der Waals surface area (Å²) in [6.45, 7) is 5.29. The van der Waals surface area contributed by atoms with E-state index in [4.69, 9.17) is 9.47 Å². The van der Waals surface area contributed by atoms with Crippen LogP contribution in [0.3, 0.4) is 0 Å². The van der Waals surface area contributed by atoms with Crippen molar-refractivity contribution in [2.75, 3.05) is 27.8 Å². The van der Waals surface area contributed by atoms with Crippen molar-refractivity contribution < 1.29 is 14.3 Å². The number of hydrogen-bond donors (Lipinski definition) is 0. The number of ether oxygens (including phenoxy) is 2. The summed E-state index contributed by atoms with van der Waals surface area (Å²) in [5.74, 6) is 1.50. The van der Waals surface area contributed by atoms with Gasteiger partial charge in [0.1, 0.15) is 11.5 Å². The maximum absolute atomic E-state index is 12.9. The van der Waals surface area contributed by atoms with E-state index < -0.39 is 0 Å². The Bertz CT molecular complexity index is 816. The van der Waals surface area contributed by atoms with Crippen LogP contribution >= 0.6 is 0 Å². The second kappa shape index (κ2) is 7.26. The van der Waals surface area contributed by atoms with Gasteiger partial charge in [-0.3, -0.25) is 4.79 Å². The van der Waals surface area contributed by atoms with E-state index in [1.54, 1.807) is 14.2 Å². The highest BCUT2D eigenvalue weighted by molar-refractivity contribution is 5.79. The van der Waals surface area contributed by atoms with Crippen LogP contribution in [0.4, 0.5) is 0 Å². The molecule has 1 unspecified atom stereocenters. The van der Waals surface area contributed by atoms with Gasteiger partial charge in [-0.05, 0) is 23.5 Å². The van der Waals surface area contributed by atoms with Gasteiger partial charge in [-0.15, -0.1) is 0 Å². The number of benzene rings is 2. The predicted octanol–water partition coefficient (Wildman–Crippen LogP) is 4.07. The molecule has 27 heavy (non-hydrogen) atoms. The van der Waals surface area contributed by atoms with Gasteiger partial charge in [0, 0.05) is 30.6 Å². The zero-order valence-electron chi connectivity index (χ0n) is 16.9. The number of methoxy groups -OCH3 is 2. The van der Waals surface area contributed by atoms with Gasteiger partial charge in [-0.2, -0.15) is 0 Å². The van der Waals surface area contributed by atoms with E-state index in [-0.39, 0.29) is 16.7 Å².